The molecule has 1 rings (SSSR count). The molecular weight excluding hydrogens is 228 g/mol. The third-order valence-corrected chi connectivity index (χ3v) is 2.96. The van der Waals surface area contributed by atoms with Crippen molar-refractivity contribution >= 4 is 5.82 Å². The maximum atomic E-state index is 11.9. The molecule has 0 saturated heterocycles. The van der Waals surface area contributed by atoms with Gasteiger partial charge in [0.05, 0.1) is 0 Å². The van der Waals surface area contributed by atoms with E-state index in [2.05, 4.69) is 29.0 Å². The summed E-state index contributed by atoms with van der Waals surface area (Å²) >= 11 is 0. The monoisotopic (exact) mass is 252 g/mol. The number of aromatic nitrogens is 2. The van der Waals surface area contributed by atoms with E-state index in [0.29, 0.717) is 12.4 Å². The number of aryl methyl sites for hydroxylation is 1. The van der Waals surface area contributed by atoms with E-state index in [-0.39, 0.29) is 5.56 Å². The minimum atomic E-state index is -0.0430. The van der Waals surface area contributed by atoms with Crippen LogP contribution in [0.25, 0.3) is 0 Å². The van der Waals surface area contributed by atoms with E-state index in [1.54, 1.807) is 17.0 Å². The lowest BCUT2D eigenvalue weighted by Crippen LogP contribution is -2.31. The molecule has 5 nitrogen and oxygen atoms in total. The van der Waals surface area contributed by atoms with Crippen LogP contribution in [0.2, 0.25) is 0 Å². The van der Waals surface area contributed by atoms with Crippen LogP contribution in [0.3, 0.4) is 0 Å². The van der Waals surface area contributed by atoms with Crippen molar-refractivity contribution in [1.29, 1.82) is 0 Å². The van der Waals surface area contributed by atoms with Gasteiger partial charge in [0, 0.05) is 32.0 Å². The zero-order valence-corrected chi connectivity index (χ0v) is 11.6. The van der Waals surface area contributed by atoms with Crippen molar-refractivity contribution in [1.82, 2.24) is 14.5 Å². The highest BCUT2D eigenvalue weighted by molar-refractivity contribution is 5.30. The van der Waals surface area contributed by atoms with Gasteiger partial charge in [-0.15, -0.1) is 0 Å². The van der Waals surface area contributed by atoms with Crippen LogP contribution in [0, 0.1) is 0 Å². The van der Waals surface area contributed by atoms with Crippen molar-refractivity contribution in [2.24, 2.45) is 0 Å². The van der Waals surface area contributed by atoms with Crippen molar-refractivity contribution in [2.45, 2.75) is 33.7 Å². The van der Waals surface area contributed by atoms with Gasteiger partial charge in [0.2, 0.25) is 0 Å². The molecule has 0 aliphatic heterocycles. The van der Waals surface area contributed by atoms with Crippen LogP contribution in [0.4, 0.5) is 5.82 Å². The fourth-order valence-corrected chi connectivity index (χ4v) is 1.89. The molecule has 1 heterocycles. The minimum absolute atomic E-state index is 0.0430. The van der Waals surface area contributed by atoms with Gasteiger partial charge >= 0.3 is 0 Å². The van der Waals surface area contributed by atoms with Gasteiger partial charge in [0.25, 0.3) is 5.56 Å². The van der Waals surface area contributed by atoms with E-state index in [1.165, 1.54) is 0 Å². The molecule has 0 amide bonds. The average Bonchev–Trinajstić information content (AvgIpc) is 2.39. The Morgan fingerprint density at radius 1 is 1.33 bits per heavy atom. The molecule has 18 heavy (non-hydrogen) atoms. The van der Waals surface area contributed by atoms with Crippen LogP contribution < -0.4 is 10.9 Å². The standard InChI is InChI=1S/C13H24N4O/c1-4-9-16(5-2)10-7-14-12-13(18)17(6-3)11-8-15-12/h8,11H,4-7,9-10H2,1-3H3,(H,14,15). The van der Waals surface area contributed by atoms with Gasteiger partial charge in [-0.05, 0) is 26.4 Å². The molecule has 0 bridgehead atoms. The second-order valence-corrected chi connectivity index (χ2v) is 4.23. The van der Waals surface area contributed by atoms with Crippen LogP contribution in [0.5, 0.6) is 0 Å². The molecule has 0 aliphatic rings. The first kappa shape index (κ1) is 14.7. The zero-order valence-electron chi connectivity index (χ0n) is 11.6. The normalized spacial score (nSPS) is 10.9. The molecule has 1 aromatic rings. The minimum Gasteiger partial charge on any atom is -0.364 e. The van der Waals surface area contributed by atoms with E-state index < -0.39 is 0 Å². The van der Waals surface area contributed by atoms with E-state index >= 15 is 0 Å². The molecule has 0 aromatic carbocycles. The summed E-state index contributed by atoms with van der Waals surface area (Å²) in [6, 6.07) is 0. The van der Waals surface area contributed by atoms with Gasteiger partial charge in [-0.2, -0.15) is 0 Å². The van der Waals surface area contributed by atoms with Crippen LogP contribution in [0.15, 0.2) is 17.2 Å². The SMILES string of the molecule is CCCN(CC)CCNc1nccn(CC)c1=O. The largest absolute Gasteiger partial charge is 0.364 e. The summed E-state index contributed by atoms with van der Waals surface area (Å²) in [4.78, 5) is 18.3. The molecule has 0 saturated carbocycles. The van der Waals surface area contributed by atoms with E-state index in [1.807, 2.05) is 6.92 Å². The quantitative estimate of drug-likeness (QED) is 0.760. The molecule has 0 radical (unpaired) electrons. The number of nitrogens with zero attached hydrogens (tertiary/aromatic N) is 3. The maximum absolute atomic E-state index is 11.9. The summed E-state index contributed by atoms with van der Waals surface area (Å²) in [5.41, 5.74) is -0.0430. The van der Waals surface area contributed by atoms with Crippen LogP contribution >= 0.6 is 0 Å². The fourth-order valence-electron chi connectivity index (χ4n) is 1.89. The predicted molar refractivity (Wildman–Crippen MR) is 75.1 cm³/mol. The predicted octanol–water partition coefficient (Wildman–Crippen LogP) is 1.41. The van der Waals surface area contributed by atoms with E-state index in [0.717, 1.165) is 32.6 Å². The van der Waals surface area contributed by atoms with Crippen molar-refractivity contribution in [2.75, 3.05) is 31.5 Å². The van der Waals surface area contributed by atoms with Gasteiger partial charge in [0.15, 0.2) is 5.82 Å². The third kappa shape index (κ3) is 4.14. The highest BCUT2D eigenvalue weighted by atomic mass is 16.1. The molecule has 102 valence electrons. The van der Waals surface area contributed by atoms with Gasteiger partial charge in [-0.3, -0.25) is 4.79 Å². The molecule has 0 aliphatic carbocycles. The molecular formula is C13H24N4O. The lowest BCUT2D eigenvalue weighted by Gasteiger charge is -2.19. The second kappa shape index (κ2) is 7.87. The van der Waals surface area contributed by atoms with Crippen LogP contribution in [-0.2, 0) is 6.54 Å². The Kier molecular flexibility index (Phi) is 6.43. The first-order valence-corrected chi connectivity index (χ1v) is 6.74. The van der Waals surface area contributed by atoms with Crippen molar-refractivity contribution in [3.05, 3.63) is 22.7 Å². The number of hydrogen-bond acceptors (Lipinski definition) is 4. The van der Waals surface area contributed by atoms with Crippen molar-refractivity contribution in [3.63, 3.8) is 0 Å². The summed E-state index contributed by atoms with van der Waals surface area (Å²) in [7, 11) is 0. The number of hydrogen-bond donors (Lipinski definition) is 1. The summed E-state index contributed by atoms with van der Waals surface area (Å²) in [6.45, 7) is 10.8. The first-order valence-electron chi connectivity index (χ1n) is 6.74. The van der Waals surface area contributed by atoms with Gasteiger partial charge in [0.1, 0.15) is 0 Å². The molecule has 0 fully saturated rings. The summed E-state index contributed by atoms with van der Waals surface area (Å²) in [5, 5.41) is 3.12. The molecule has 0 unspecified atom stereocenters. The molecule has 0 spiro atoms. The molecule has 0 atom stereocenters. The van der Waals surface area contributed by atoms with Gasteiger partial charge in [-0.1, -0.05) is 13.8 Å². The Morgan fingerprint density at radius 3 is 2.72 bits per heavy atom. The first-order chi connectivity index (χ1) is 8.72. The lowest BCUT2D eigenvalue weighted by atomic mass is 10.4. The Hall–Kier alpha value is -1.36. The Labute approximate surface area is 109 Å². The Morgan fingerprint density at radius 2 is 2.11 bits per heavy atom. The van der Waals surface area contributed by atoms with E-state index in [4.69, 9.17) is 0 Å². The van der Waals surface area contributed by atoms with E-state index in [9.17, 15) is 4.79 Å². The number of nitrogens with one attached hydrogen (secondary N) is 1. The Balaban J connectivity index is 2.51. The van der Waals surface area contributed by atoms with Crippen LogP contribution in [-0.4, -0.2) is 40.6 Å². The summed E-state index contributed by atoms with van der Waals surface area (Å²) in [6.07, 6.45) is 4.53. The number of anilines is 1. The lowest BCUT2D eigenvalue weighted by molar-refractivity contribution is 0.300. The average molecular weight is 252 g/mol. The van der Waals surface area contributed by atoms with Gasteiger partial charge in [-0.25, -0.2) is 4.98 Å². The van der Waals surface area contributed by atoms with Gasteiger partial charge < -0.3 is 14.8 Å². The van der Waals surface area contributed by atoms with Crippen molar-refractivity contribution < 1.29 is 0 Å². The highest BCUT2D eigenvalue weighted by Gasteiger charge is 2.04. The highest BCUT2D eigenvalue weighted by Crippen LogP contribution is 1.94. The third-order valence-electron chi connectivity index (χ3n) is 2.96. The summed E-state index contributed by atoms with van der Waals surface area (Å²) in [5.74, 6) is 0.451. The number of likely N-dealkylation sites (N-methyl/N-ethyl adjacent to an activating group) is 1. The number of rotatable bonds is 8. The second-order valence-electron chi connectivity index (χ2n) is 4.23. The molecule has 5 heteroatoms. The molecule has 1 aromatic heterocycles. The topological polar surface area (TPSA) is 50.2 Å². The maximum Gasteiger partial charge on any atom is 0.293 e. The smallest absolute Gasteiger partial charge is 0.293 e. The zero-order chi connectivity index (χ0) is 13.4. The molecule has 1 N–H and O–H groups in total. The Bertz CT molecular complexity index is 402. The summed E-state index contributed by atoms with van der Waals surface area (Å²) < 4.78 is 1.65. The van der Waals surface area contributed by atoms with Crippen molar-refractivity contribution in [3.8, 4) is 0 Å². The van der Waals surface area contributed by atoms with Crippen LogP contribution in [0.1, 0.15) is 27.2 Å². The fraction of sp³-hybridized carbons (Fsp3) is 0.692.